The number of amides is 1. The highest BCUT2D eigenvalue weighted by Gasteiger charge is 2.22. The molecular weight excluding hydrogens is 308 g/mol. The van der Waals surface area contributed by atoms with Gasteiger partial charge in [-0.1, -0.05) is 28.1 Å². The van der Waals surface area contributed by atoms with Gasteiger partial charge in [0.15, 0.2) is 0 Å². The SMILES string of the molecule is CC(NC(=O)CN1CCC(O)C1)c1ccc(Br)cc1. The molecule has 2 N–H and O–H groups in total. The first-order valence-corrected chi connectivity index (χ1v) is 7.29. The van der Waals surface area contributed by atoms with E-state index in [0.29, 0.717) is 13.1 Å². The van der Waals surface area contributed by atoms with Gasteiger partial charge in [-0.05, 0) is 31.0 Å². The van der Waals surface area contributed by atoms with Crippen molar-refractivity contribution < 1.29 is 9.90 Å². The van der Waals surface area contributed by atoms with E-state index >= 15 is 0 Å². The van der Waals surface area contributed by atoms with E-state index in [1.807, 2.05) is 36.1 Å². The maximum absolute atomic E-state index is 11.9. The Morgan fingerprint density at radius 2 is 2.21 bits per heavy atom. The molecule has 0 aliphatic carbocycles. The summed E-state index contributed by atoms with van der Waals surface area (Å²) in [6.45, 7) is 3.72. The van der Waals surface area contributed by atoms with Crippen LogP contribution in [0.2, 0.25) is 0 Å². The smallest absolute Gasteiger partial charge is 0.234 e. The van der Waals surface area contributed by atoms with Crippen molar-refractivity contribution in [1.82, 2.24) is 10.2 Å². The number of hydrogen-bond acceptors (Lipinski definition) is 3. The number of likely N-dealkylation sites (tertiary alicyclic amines) is 1. The number of nitrogens with zero attached hydrogens (tertiary/aromatic N) is 1. The molecule has 1 amide bonds. The van der Waals surface area contributed by atoms with Crippen LogP contribution in [-0.4, -0.2) is 41.7 Å². The van der Waals surface area contributed by atoms with Crippen LogP contribution in [0.4, 0.5) is 0 Å². The van der Waals surface area contributed by atoms with Crippen molar-refractivity contribution in [3.63, 3.8) is 0 Å². The fraction of sp³-hybridized carbons (Fsp3) is 0.500. The lowest BCUT2D eigenvalue weighted by atomic mass is 10.1. The summed E-state index contributed by atoms with van der Waals surface area (Å²) in [5.74, 6) is 0.00418. The van der Waals surface area contributed by atoms with E-state index in [9.17, 15) is 9.90 Å². The van der Waals surface area contributed by atoms with Gasteiger partial charge in [0.25, 0.3) is 0 Å². The molecule has 19 heavy (non-hydrogen) atoms. The zero-order valence-electron chi connectivity index (χ0n) is 11.0. The van der Waals surface area contributed by atoms with Gasteiger partial charge in [0.2, 0.25) is 5.91 Å². The minimum atomic E-state index is -0.281. The average Bonchev–Trinajstić information content (AvgIpc) is 2.75. The molecule has 1 aromatic rings. The van der Waals surface area contributed by atoms with E-state index in [4.69, 9.17) is 0 Å². The van der Waals surface area contributed by atoms with Crippen LogP contribution >= 0.6 is 15.9 Å². The van der Waals surface area contributed by atoms with Gasteiger partial charge < -0.3 is 10.4 Å². The van der Waals surface area contributed by atoms with Crippen molar-refractivity contribution in [3.8, 4) is 0 Å². The lowest BCUT2D eigenvalue weighted by Crippen LogP contribution is -2.37. The van der Waals surface area contributed by atoms with Gasteiger partial charge in [0, 0.05) is 17.6 Å². The lowest BCUT2D eigenvalue weighted by molar-refractivity contribution is -0.122. The molecule has 0 bridgehead atoms. The van der Waals surface area contributed by atoms with Crippen molar-refractivity contribution in [2.45, 2.75) is 25.5 Å². The second-order valence-electron chi connectivity index (χ2n) is 5.02. The average molecular weight is 327 g/mol. The molecule has 0 saturated carbocycles. The van der Waals surface area contributed by atoms with Gasteiger partial charge in [-0.3, -0.25) is 9.69 Å². The molecule has 1 heterocycles. The fourth-order valence-electron chi connectivity index (χ4n) is 2.28. The highest BCUT2D eigenvalue weighted by Crippen LogP contribution is 2.16. The van der Waals surface area contributed by atoms with Crippen LogP contribution in [0.1, 0.15) is 24.9 Å². The Labute approximate surface area is 121 Å². The number of β-amino-alcohol motifs (C(OH)–C–C–N with tert-alkyl or cyclic N) is 1. The Morgan fingerprint density at radius 3 is 2.79 bits per heavy atom. The van der Waals surface area contributed by atoms with E-state index in [-0.39, 0.29) is 18.1 Å². The summed E-state index contributed by atoms with van der Waals surface area (Å²) in [7, 11) is 0. The maximum Gasteiger partial charge on any atom is 0.234 e. The lowest BCUT2D eigenvalue weighted by Gasteiger charge is -2.18. The number of nitrogens with one attached hydrogen (secondary N) is 1. The number of halogens is 1. The minimum absolute atomic E-state index is 0.00418. The Kier molecular flexibility index (Phi) is 4.96. The van der Waals surface area contributed by atoms with Crippen molar-refractivity contribution in [1.29, 1.82) is 0 Å². The van der Waals surface area contributed by atoms with Gasteiger partial charge in [0.1, 0.15) is 0 Å². The monoisotopic (exact) mass is 326 g/mol. The second-order valence-corrected chi connectivity index (χ2v) is 5.93. The van der Waals surface area contributed by atoms with Crippen LogP contribution in [0.15, 0.2) is 28.7 Å². The zero-order valence-corrected chi connectivity index (χ0v) is 12.6. The van der Waals surface area contributed by atoms with Gasteiger partial charge in [0.05, 0.1) is 18.7 Å². The van der Waals surface area contributed by atoms with E-state index in [2.05, 4.69) is 21.2 Å². The predicted molar refractivity (Wildman–Crippen MR) is 77.8 cm³/mol. The number of carbonyl (C=O) groups excluding carboxylic acids is 1. The number of hydrogen-bond donors (Lipinski definition) is 2. The van der Waals surface area contributed by atoms with Crippen molar-refractivity contribution in [3.05, 3.63) is 34.3 Å². The first-order valence-electron chi connectivity index (χ1n) is 6.50. The summed E-state index contributed by atoms with van der Waals surface area (Å²) in [5.41, 5.74) is 1.08. The zero-order chi connectivity index (χ0) is 13.8. The van der Waals surface area contributed by atoms with E-state index in [1.165, 1.54) is 0 Å². The van der Waals surface area contributed by atoms with Crippen LogP contribution in [-0.2, 0) is 4.79 Å². The maximum atomic E-state index is 11.9. The Hall–Kier alpha value is -0.910. The Bertz CT molecular complexity index is 436. The third-order valence-electron chi connectivity index (χ3n) is 3.36. The summed E-state index contributed by atoms with van der Waals surface area (Å²) in [6, 6.07) is 7.92. The topological polar surface area (TPSA) is 52.6 Å². The standard InChI is InChI=1S/C14H19BrN2O2/c1-10(11-2-4-12(15)5-3-11)16-14(19)9-17-7-6-13(18)8-17/h2-5,10,13,18H,6-9H2,1H3,(H,16,19). The number of rotatable bonds is 4. The fourth-order valence-corrected chi connectivity index (χ4v) is 2.55. The summed E-state index contributed by atoms with van der Waals surface area (Å²) < 4.78 is 1.03. The predicted octanol–water partition coefficient (Wildman–Crippen LogP) is 1.69. The number of benzene rings is 1. The summed E-state index contributed by atoms with van der Waals surface area (Å²) in [4.78, 5) is 13.9. The second kappa shape index (κ2) is 6.50. The Morgan fingerprint density at radius 1 is 1.53 bits per heavy atom. The molecule has 2 atom stereocenters. The summed E-state index contributed by atoms with van der Waals surface area (Å²) >= 11 is 3.39. The number of carbonyl (C=O) groups is 1. The van der Waals surface area contributed by atoms with Crippen LogP contribution in [0.25, 0.3) is 0 Å². The number of aliphatic hydroxyl groups is 1. The van der Waals surface area contributed by atoms with Gasteiger partial charge in [-0.25, -0.2) is 0 Å². The molecule has 1 aromatic carbocycles. The minimum Gasteiger partial charge on any atom is -0.392 e. The Balaban J connectivity index is 1.83. The molecule has 104 valence electrons. The van der Waals surface area contributed by atoms with E-state index in [0.717, 1.165) is 23.0 Å². The van der Waals surface area contributed by atoms with Gasteiger partial charge >= 0.3 is 0 Å². The molecule has 2 rings (SSSR count). The summed E-state index contributed by atoms with van der Waals surface area (Å²) in [6.07, 6.45) is 0.479. The highest BCUT2D eigenvalue weighted by molar-refractivity contribution is 9.10. The molecule has 1 fully saturated rings. The third kappa shape index (κ3) is 4.30. The molecule has 1 aliphatic rings. The first kappa shape index (κ1) is 14.5. The largest absolute Gasteiger partial charge is 0.392 e. The normalized spacial score (nSPS) is 21.3. The van der Waals surface area contributed by atoms with E-state index < -0.39 is 0 Å². The van der Waals surface area contributed by atoms with Crippen LogP contribution in [0.3, 0.4) is 0 Å². The highest BCUT2D eigenvalue weighted by atomic mass is 79.9. The van der Waals surface area contributed by atoms with Crippen LogP contribution < -0.4 is 5.32 Å². The van der Waals surface area contributed by atoms with Crippen molar-refractivity contribution in [2.75, 3.05) is 19.6 Å². The molecule has 0 radical (unpaired) electrons. The van der Waals surface area contributed by atoms with E-state index in [1.54, 1.807) is 0 Å². The summed E-state index contributed by atoms with van der Waals surface area (Å²) in [5, 5.41) is 12.4. The molecular formula is C14H19BrN2O2. The molecule has 0 spiro atoms. The quantitative estimate of drug-likeness (QED) is 0.885. The molecule has 0 aromatic heterocycles. The molecule has 2 unspecified atom stereocenters. The van der Waals surface area contributed by atoms with Crippen molar-refractivity contribution >= 4 is 21.8 Å². The van der Waals surface area contributed by atoms with Crippen LogP contribution in [0.5, 0.6) is 0 Å². The first-order chi connectivity index (χ1) is 9.04. The van der Waals surface area contributed by atoms with Gasteiger partial charge in [-0.2, -0.15) is 0 Å². The molecule has 1 saturated heterocycles. The van der Waals surface area contributed by atoms with Crippen LogP contribution in [0, 0.1) is 0 Å². The molecule has 4 nitrogen and oxygen atoms in total. The molecule has 5 heteroatoms. The molecule has 1 aliphatic heterocycles. The van der Waals surface area contributed by atoms with Crippen molar-refractivity contribution in [2.24, 2.45) is 0 Å². The van der Waals surface area contributed by atoms with Gasteiger partial charge in [-0.15, -0.1) is 0 Å². The third-order valence-corrected chi connectivity index (χ3v) is 3.89. The number of aliphatic hydroxyl groups excluding tert-OH is 1.